The molecular formula is C25H27N3O7. The molecule has 184 valence electrons. The Morgan fingerprint density at radius 1 is 1.14 bits per heavy atom. The molecule has 1 saturated carbocycles. The summed E-state index contributed by atoms with van der Waals surface area (Å²) in [6, 6.07) is 9.68. The molecule has 35 heavy (non-hydrogen) atoms. The molecule has 2 atom stereocenters. The van der Waals surface area contributed by atoms with Crippen molar-refractivity contribution in [3.8, 4) is 11.5 Å². The Bertz CT molecular complexity index is 1160. The normalized spacial score (nSPS) is 17.4. The van der Waals surface area contributed by atoms with Crippen LogP contribution in [-0.2, 0) is 19.2 Å². The number of benzene rings is 2. The molecular weight excluding hydrogens is 454 g/mol. The summed E-state index contributed by atoms with van der Waals surface area (Å²) in [7, 11) is 1.50. The van der Waals surface area contributed by atoms with Crippen LogP contribution in [-0.4, -0.2) is 42.3 Å². The maximum atomic E-state index is 13.5. The molecule has 4 rings (SSSR count). The molecule has 3 amide bonds. The summed E-state index contributed by atoms with van der Waals surface area (Å²) in [4.78, 5) is 56.9. The number of ether oxygens (including phenoxy) is 2. The SMILES string of the molecule is CCOc1cc(C(CC(=O)NOC(=O)C2CC2)N2C(=O)c3ccccc3C2C(N)=O)ccc1OC. The number of primary amides is 1. The number of carbonyl (C=O) groups is 4. The van der Waals surface area contributed by atoms with Crippen LogP contribution in [0.5, 0.6) is 11.5 Å². The van der Waals surface area contributed by atoms with Crippen LogP contribution in [0, 0.1) is 5.92 Å². The molecule has 1 aliphatic carbocycles. The van der Waals surface area contributed by atoms with E-state index in [2.05, 4.69) is 5.48 Å². The third-order valence-electron chi connectivity index (χ3n) is 6.03. The summed E-state index contributed by atoms with van der Waals surface area (Å²) in [6.45, 7) is 2.18. The lowest BCUT2D eigenvalue weighted by atomic mass is 9.98. The van der Waals surface area contributed by atoms with E-state index >= 15 is 0 Å². The van der Waals surface area contributed by atoms with Crippen molar-refractivity contribution >= 4 is 23.7 Å². The monoisotopic (exact) mass is 481 g/mol. The molecule has 2 aromatic carbocycles. The summed E-state index contributed by atoms with van der Waals surface area (Å²) in [5, 5.41) is 0. The predicted molar refractivity (Wildman–Crippen MR) is 123 cm³/mol. The summed E-state index contributed by atoms with van der Waals surface area (Å²) >= 11 is 0. The van der Waals surface area contributed by atoms with Crippen molar-refractivity contribution in [3.05, 3.63) is 59.2 Å². The number of hydroxylamine groups is 1. The summed E-state index contributed by atoms with van der Waals surface area (Å²) < 4.78 is 11.0. The zero-order valence-corrected chi connectivity index (χ0v) is 19.5. The summed E-state index contributed by atoms with van der Waals surface area (Å²) in [6.07, 6.45) is 1.16. The first-order chi connectivity index (χ1) is 16.8. The van der Waals surface area contributed by atoms with Crippen LogP contribution in [0.3, 0.4) is 0 Å². The van der Waals surface area contributed by atoms with Crippen molar-refractivity contribution in [1.29, 1.82) is 0 Å². The Kier molecular flexibility index (Phi) is 6.90. The fraction of sp³-hybridized carbons (Fsp3) is 0.360. The molecule has 0 saturated heterocycles. The van der Waals surface area contributed by atoms with E-state index in [1.54, 1.807) is 42.5 Å². The van der Waals surface area contributed by atoms with Crippen LogP contribution in [0.1, 0.15) is 59.8 Å². The number of nitrogens with zero attached hydrogens (tertiary/aromatic N) is 1. The quantitative estimate of drug-likeness (QED) is 0.524. The van der Waals surface area contributed by atoms with Crippen LogP contribution < -0.4 is 20.7 Å². The first-order valence-corrected chi connectivity index (χ1v) is 11.4. The van der Waals surface area contributed by atoms with Gasteiger partial charge in [-0.3, -0.25) is 14.4 Å². The highest BCUT2D eigenvalue weighted by Crippen LogP contribution is 2.42. The van der Waals surface area contributed by atoms with Crippen molar-refractivity contribution in [2.24, 2.45) is 11.7 Å². The zero-order chi connectivity index (χ0) is 25.1. The van der Waals surface area contributed by atoms with Gasteiger partial charge < -0.3 is 24.9 Å². The molecule has 10 nitrogen and oxygen atoms in total. The van der Waals surface area contributed by atoms with Crippen molar-refractivity contribution in [1.82, 2.24) is 10.4 Å². The van der Waals surface area contributed by atoms with E-state index < -0.39 is 35.8 Å². The molecule has 3 N–H and O–H groups in total. The molecule has 2 aliphatic rings. The highest BCUT2D eigenvalue weighted by Gasteiger charge is 2.45. The lowest BCUT2D eigenvalue weighted by Gasteiger charge is -2.32. The van der Waals surface area contributed by atoms with Gasteiger partial charge in [0, 0.05) is 5.56 Å². The number of rotatable bonds is 9. The summed E-state index contributed by atoms with van der Waals surface area (Å²) in [5.74, 6) is -1.62. The molecule has 0 bridgehead atoms. The van der Waals surface area contributed by atoms with Crippen molar-refractivity contribution in [2.75, 3.05) is 13.7 Å². The van der Waals surface area contributed by atoms with Gasteiger partial charge in [0.15, 0.2) is 11.5 Å². The maximum Gasteiger partial charge on any atom is 0.335 e. The molecule has 1 heterocycles. The van der Waals surface area contributed by atoms with Crippen molar-refractivity contribution in [3.63, 3.8) is 0 Å². The number of nitrogens with one attached hydrogen (secondary N) is 1. The second-order valence-electron chi connectivity index (χ2n) is 8.39. The molecule has 0 spiro atoms. The lowest BCUT2D eigenvalue weighted by molar-refractivity contribution is -0.160. The molecule has 0 aromatic heterocycles. The number of hydrogen-bond acceptors (Lipinski definition) is 7. The van der Waals surface area contributed by atoms with Gasteiger partial charge in [-0.05, 0) is 49.1 Å². The van der Waals surface area contributed by atoms with Gasteiger partial charge in [-0.25, -0.2) is 4.79 Å². The average Bonchev–Trinajstić information content (AvgIpc) is 3.66. The van der Waals surface area contributed by atoms with Gasteiger partial charge in [0.2, 0.25) is 5.91 Å². The van der Waals surface area contributed by atoms with Crippen LogP contribution in [0.25, 0.3) is 0 Å². The van der Waals surface area contributed by atoms with E-state index in [1.807, 2.05) is 6.92 Å². The standard InChI is InChI=1S/C25H27N3O7/c1-3-34-20-12-15(10-11-19(20)33-2)18(13-21(29)27-35-25(32)14-8-9-14)28-22(23(26)30)16-6-4-5-7-17(16)24(28)31/h4-7,10-12,14,18,22H,3,8-9,13H2,1-2H3,(H2,26,30)(H,27,29). The van der Waals surface area contributed by atoms with E-state index in [0.717, 1.165) is 12.8 Å². The Hall–Kier alpha value is -4.08. The number of hydrogen-bond donors (Lipinski definition) is 2. The van der Waals surface area contributed by atoms with Gasteiger partial charge in [0.05, 0.1) is 32.1 Å². The fourth-order valence-electron chi connectivity index (χ4n) is 4.22. The van der Waals surface area contributed by atoms with Gasteiger partial charge in [0.1, 0.15) is 6.04 Å². The minimum Gasteiger partial charge on any atom is -0.493 e. The van der Waals surface area contributed by atoms with Crippen molar-refractivity contribution in [2.45, 2.75) is 38.3 Å². The number of fused-ring (bicyclic) bond motifs is 1. The minimum absolute atomic E-state index is 0.199. The highest BCUT2D eigenvalue weighted by molar-refractivity contribution is 6.05. The van der Waals surface area contributed by atoms with E-state index in [-0.39, 0.29) is 12.3 Å². The molecule has 10 heteroatoms. The third-order valence-corrected chi connectivity index (χ3v) is 6.03. The third kappa shape index (κ3) is 4.91. The smallest absolute Gasteiger partial charge is 0.335 e. The number of nitrogens with two attached hydrogens (primary N) is 1. The lowest BCUT2D eigenvalue weighted by Crippen LogP contribution is -2.41. The largest absolute Gasteiger partial charge is 0.493 e. The first-order valence-electron chi connectivity index (χ1n) is 11.4. The van der Waals surface area contributed by atoms with Crippen molar-refractivity contribution < 1.29 is 33.5 Å². The topological polar surface area (TPSA) is 137 Å². The Morgan fingerprint density at radius 2 is 1.89 bits per heavy atom. The van der Waals surface area contributed by atoms with E-state index in [0.29, 0.717) is 34.8 Å². The van der Waals surface area contributed by atoms with Gasteiger partial charge in [-0.1, -0.05) is 24.3 Å². The Balaban J connectivity index is 1.70. The molecule has 1 aliphatic heterocycles. The van der Waals surface area contributed by atoms with Gasteiger partial charge in [-0.2, -0.15) is 5.48 Å². The Morgan fingerprint density at radius 3 is 2.54 bits per heavy atom. The van der Waals surface area contributed by atoms with Crippen LogP contribution >= 0.6 is 0 Å². The number of amides is 3. The van der Waals surface area contributed by atoms with Crippen LogP contribution in [0.2, 0.25) is 0 Å². The predicted octanol–water partition coefficient (Wildman–Crippen LogP) is 2.19. The fourth-order valence-corrected chi connectivity index (χ4v) is 4.22. The minimum atomic E-state index is -1.08. The maximum absolute atomic E-state index is 13.5. The second kappa shape index (κ2) is 10.0. The van der Waals surface area contributed by atoms with Gasteiger partial charge >= 0.3 is 5.97 Å². The molecule has 0 radical (unpaired) electrons. The van der Waals surface area contributed by atoms with E-state index in [4.69, 9.17) is 20.0 Å². The highest BCUT2D eigenvalue weighted by atomic mass is 16.7. The van der Waals surface area contributed by atoms with E-state index in [1.165, 1.54) is 12.0 Å². The average molecular weight is 482 g/mol. The van der Waals surface area contributed by atoms with Gasteiger partial charge in [-0.15, -0.1) is 0 Å². The molecule has 2 unspecified atom stereocenters. The number of carbonyl (C=O) groups excluding carboxylic acids is 4. The second-order valence-corrected chi connectivity index (χ2v) is 8.39. The molecule has 1 fully saturated rings. The van der Waals surface area contributed by atoms with Crippen LogP contribution in [0.15, 0.2) is 42.5 Å². The Labute approximate surface area is 202 Å². The first kappa shape index (κ1) is 24.1. The summed E-state index contributed by atoms with van der Waals surface area (Å²) in [5.41, 5.74) is 9.22. The zero-order valence-electron chi connectivity index (χ0n) is 19.5. The number of methoxy groups -OCH3 is 1. The van der Waals surface area contributed by atoms with Crippen LogP contribution in [0.4, 0.5) is 0 Å². The molecule has 2 aromatic rings. The van der Waals surface area contributed by atoms with Gasteiger partial charge in [0.25, 0.3) is 11.8 Å². The van der Waals surface area contributed by atoms with E-state index in [9.17, 15) is 19.2 Å².